The first-order chi connectivity index (χ1) is 6.65. The number of carboxylic acid groups (broad SMARTS) is 1. The molecule has 1 fully saturated rings. The van der Waals surface area contributed by atoms with Crippen molar-refractivity contribution in [1.29, 1.82) is 0 Å². The Bertz CT molecular complexity index is 338. The number of fused-ring (bicyclic) bond motifs is 1. The average Bonchev–Trinajstić information content (AvgIpc) is 2.15. The number of nitrogens with zero attached hydrogens (tertiary/aromatic N) is 1. The second-order valence-corrected chi connectivity index (χ2v) is 4.28. The summed E-state index contributed by atoms with van der Waals surface area (Å²) in [5, 5.41) is 17.8. The average molecular weight is 215 g/mol. The SMILES string of the molecule is O=C(O)C1=C(CO)SCC2CC(=O)N12. The van der Waals surface area contributed by atoms with E-state index >= 15 is 0 Å². The van der Waals surface area contributed by atoms with Crippen molar-refractivity contribution in [2.75, 3.05) is 12.4 Å². The monoisotopic (exact) mass is 215 g/mol. The Morgan fingerprint density at radius 2 is 2.36 bits per heavy atom. The van der Waals surface area contributed by atoms with E-state index in [1.54, 1.807) is 0 Å². The molecule has 5 nitrogen and oxygen atoms in total. The fourth-order valence-corrected chi connectivity index (χ4v) is 2.74. The molecule has 1 atom stereocenters. The number of aliphatic hydroxyl groups is 1. The number of hydrogen-bond acceptors (Lipinski definition) is 4. The zero-order valence-corrected chi connectivity index (χ0v) is 8.08. The first kappa shape index (κ1) is 9.54. The van der Waals surface area contributed by atoms with Gasteiger partial charge in [0.05, 0.1) is 12.6 Å². The quantitative estimate of drug-likeness (QED) is 0.614. The van der Waals surface area contributed by atoms with Crippen LogP contribution in [0.5, 0.6) is 0 Å². The van der Waals surface area contributed by atoms with Gasteiger partial charge in [-0.15, -0.1) is 11.8 Å². The van der Waals surface area contributed by atoms with Gasteiger partial charge >= 0.3 is 5.97 Å². The summed E-state index contributed by atoms with van der Waals surface area (Å²) >= 11 is 1.32. The molecule has 0 bridgehead atoms. The van der Waals surface area contributed by atoms with Crippen LogP contribution in [-0.2, 0) is 9.59 Å². The number of hydrogen-bond donors (Lipinski definition) is 2. The number of carbonyl (C=O) groups is 2. The van der Waals surface area contributed by atoms with E-state index in [4.69, 9.17) is 10.2 Å². The lowest BCUT2D eigenvalue weighted by Gasteiger charge is -2.43. The Labute approximate surface area is 84.4 Å². The number of aliphatic hydroxyl groups excluding tert-OH is 1. The van der Waals surface area contributed by atoms with Gasteiger partial charge in [0.1, 0.15) is 5.70 Å². The number of rotatable bonds is 2. The largest absolute Gasteiger partial charge is 0.477 e. The lowest BCUT2D eigenvalue weighted by atomic mass is 10.0. The van der Waals surface area contributed by atoms with Gasteiger partial charge in [0.25, 0.3) is 0 Å². The number of aliphatic carboxylic acids is 1. The van der Waals surface area contributed by atoms with Crippen LogP contribution in [-0.4, -0.2) is 45.4 Å². The normalized spacial score (nSPS) is 25.9. The fourth-order valence-electron chi connectivity index (χ4n) is 1.67. The maximum Gasteiger partial charge on any atom is 0.353 e. The Morgan fingerprint density at radius 3 is 2.86 bits per heavy atom. The van der Waals surface area contributed by atoms with Gasteiger partial charge in [0.15, 0.2) is 0 Å². The third kappa shape index (κ3) is 1.22. The number of amides is 1. The summed E-state index contributed by atoms with van der Waals surface area (Å²) in [6.07, 6.45) is 0.419. The van der Waals surface area contributed by atoms with Crippen molar-refractivity contribution in [2.45, 2.75) is 12.5 Å². The summed E-state index contributed by atoms with van der Waals surface area (Å²) < 4.78 is 0. The standard InChI is InChI=1S/C8H9NO4S/c10-2-5-7(8(12)13)9-4(3-14-5)1-6(9)11/h4,10H,1-3H2,(H,12,13). The molecule has 0 radical (unpaired) electrons. The first-order valence-electron chi connectivity index (χ1n) is 4.17. The second-order valence-electron chi connectivity index (χ2n) is 3.17. The molecule has 0 aromatic carbocycles. The number of β-lactam (4-membered cyclic amide) rings is 1. The molecule has 1 amide bonds. The molecule has 2 aliphatic heterocycles. The van der Waals surface area contributed by atoms with Crippen LogP contribution < -0.4 is 0 Å². The summed E-state index contributed by atoms with van der Waals surface area (Å²) in [6, 6.07) is 0.00824. The zero-order valence-electron chi connectivity index (χ0n) is 7.27. The predicted molar refractivity (Wildman–Crippen MR) is 49.5 cm³/mol. The number of thioether (sulfide) groups is 1. The molecular weight excluding hydrogens is 206 g/mol. The zero-order chi connectivity index (χ0) is 10.3. The fraction of sp³-hybridized carbons (Fsp3) is 0.500. The first-order valence-corrected chi connectivity index (χ1v) is 5.16. The summed E-state index contributed by atoms with van der Waals surface area (Å²) in [4.78, 5) is 23.7. The van der Waals surface area contributed by atoms with Gasteiger partial charge in [0, 0.05) is 17.1 Å². The van der Waals surface area contributed by atoms with Gasteiger partial charge in [-0.3, -0.25) is 4.79 Å². The van der Waals surface area contributed by atoms with Gasteiger partial charge in [-0.25, -0.2) is 4.79 Å². The highest BCUT2D eigenvalue weighted by atomic mass is 32.2. The number of carbonyl (C=O) groups excluding carboxylic acids is 1. The van der Waals surface area contributed by atoms with Gasteiger partial charge < -0.3 is 15.1 Å². The lowest BCUT2D eigenvalue weighted by Crippen LogP contribution is -2.56. The van der Waals surface area contributed by atoms with E-state index in [1.165, 1.54) is 16.7 Å². The molecule has 2 rings (SSSR count). The highest BCUT2D eigenvalue weighted by molar-refractivity contribution is 8.03. The van der Waals surface area contributed by atoms with Crippen molar-refractivity contribution < 1.29 is 19.8 Å². The van der Waals surface area contributed by atoms with E-state index in [0.717, 1.165) is 0 Å². The van der Waals surface area contributed by atoms with Crippen LogP contribution in [0.15, 0.2) is 10.6 Å². The molecular formula is C8H9NO4S. The summed E-state index contributed by atoms with van der Waals surface area (Å²) in [6.45, 7) is -0.317. The molecule has 0 saturated carbocycles. The van der Waals surface area contributed by atoms with E-state index < -0.39 is 5.97 Å². The second kappa shape index (κ2) is 3.29. The summed E-state index contributed by atoms with van der Waals surface area (Å²) in [7, 11) is 0. The predicted octanol–water partition coefficient (Wildman–Crippen LogP) is -0.377. The van der Waals surface area contributed by atoms with E-state index in [2.05, 4.69) is 0 Å². The summed E-state index contributed by atoms with van der Waals surface area (Å²) in [5.41, 5.74) is -0.0370. The Hall–Kier alpha value is -1.01. The van der Waals surface area contributed by atoms with Crippen LogP contribution in [0.3, 0.4) is 0 Å². The van der Waals surface area contributed by atoms with Crippen LogP contribution in [0.4, 0.5) is 0 Å². The Kier molecular flexibility index (Phi) is 2.24. The maximum atomic E-state index is 11.2. The summed E-state index contributed by atoms with van der Waals surface area (Å²) in [5.74, 6) is -0.628. The molecule has 0 aromatic heterocycles. The van der Waals surface area contributed by atoms with Crippen LogP contribution in [0.2, 0.25) is 0 Å². The van der Waals surface area contributed by atoms with Gasteiger partial charge in [-0.05, 0) is 0 Å². The molecule has 1 saturated heterocycles. The molecule has 0 aromatic rings. The third-order valence-corrected chi connectivity index (χ3v) is 3.57. The highest BCUT2D eigenvalue weighted by Crippen LogP contribution is 2.38. The van der Waals surface area contributed by atoms with Gasteiger partial charge in [0.2, 0.25) is 5.91 Å². The van der Waals surface area contributed by atoms with Crippen molar-refractivity contribution >= 4 is 23.6 Å². The van der Waals surface area contributed by atoms with Crippen molar-refractivity contribution in [2.24, 2.45) is 0 Å². The van der Waals surface area contributed by atoms with Crippen LogP contribution >= 0.6 is 11.8 Å². The lowest BCUT2D eigenvalue weighted by molar-refractivity contribution is -0.148. The van der Waals surface area contributed by atoms with Crippen LogP contribution in [0.25, 0.3) is 0 Å². The van der Waals surface area contributed by atoms with E-state index in [1.807, 2.05) is 0 Å². The van der Waals surface area contributed by atoms with Crippen molar-refractivity contribution in [3.63, 3.8) is 0 Å². The highest BCUT2D eigenvalue weighted by Gasteiger charge is 2.44. The smallest absolute Gasteiger partial charge is 0.353 e. The minimum Gasteiger partial charge on any atom is -0.477 e. The van der Waals surface area contributed by atoms with Crippen LogP contribution in [0.1, 0.15) is 6.42 Å². The van der Waals surface area contributed by atoms with Crippen molar-refractivity contribution in [3.8, 4) is 0 Å². The molecule has 6 heteroatoms. The molecule has 1 unspecified atom stereocenters. The molecule has 2 heterocycles. The molecule has 2 N–H and O–H groups in total. The minimum absolute atomic E-state index is 0.00824. The van der Waals surface area contributed by atoms with E-state index in [0.29, 0.717) is 17.1 Å². The van der Waals surface area contributed by atoms with Crippen LogP contribution in [0, 0.1) is 0 Å². The molecule has 76 valence electrons. The molecule has 0 spiro atoms. The van der Waals surface area contributed by atoms with E-state index in [9.17, 15) is 9.59 Å². The number of carboxylic acids is 1. The molecule has 2 aliphatic rings. The topological polar surface area (TPSA) is 77.8 Å². The van der Waals surface area contributed by atoms with Gasteiger partial charge in [-0.2, -0.15) is 0 Å². The third-order valence-electron chi connectivity index (χ3n) is 2.35. The van der Waals surface area contributed by atoms with Gasteiger partial charge in [-0.1, -0.05) is 0 Å². The molecule has 0 aliphatic carbocycles. The Morgan fingerprint density at radius 1 is 1.64 bits per heavy atom. The Balaban J connectivity index is 2.37. The maximum absolute atomic E-state index is 11.2. The van der Waals surface area contributed by atoms with Crippen molar-refractivity contribution in [3.05, 3.63) is 10.6 Å². The molecule has 14 heavy (non-hydrogen) atoms. The minimum atomic E-state index is -1.14. The van der Waals surface area contributed by atoms with E-state index in [-0.39, 0.29) is 24.3 Å². The van der Waals surface area contributed by atoms with Crippen molar-refractivity contribution in [1.82, 2.24) is 4.90 Å².